The second-order valence-electron chi connectivity index (χ2n) is 6.10. The van der Waals surface area contributed by atoms with Gasteiger partial charge in [-0.1, -0.05) is 56.0 Å². The highest BCUT2D eigenvalue weighted by atomic mass is 28.3. The van der Waals surface area contributed by atoms with Crippen molar-refractivity contribution in [2.75, 3.05) is 0 Å². The van der Waals surface area contributed by atoms with Gasteiger partial charge in [-0.2, -0.15) is 0 Å². The Kier molecular flexibility index (Phi) is 3.02. The number of carbonyl (C=O) groups is 1. The highest BCUT2D eigenvalue weighted by molar-refractivity contribution is 6.76. The molecule has 16 heavy (non-hydrogen) atoms. The standard InChI is InChI=1S/C14H20OSi/c1-16(2,3)10-12-9-13(12)14(15)11-7-5-4-6-8-11/h4-8,12-13H,9-10H2,1-3H3. The van der Waals surface area contributed by atoms with Crippen molar-refractivity contribution >= 4 is 13.9 Å². The minimum atomic E-state index is -0.999. The Morgan fingerprint density at radius 3 is 2.44 bits per heavy atom. The zero-order valence-electron chi connectivity index (χ0n) is 10.4. The number of ketones is 1. The van der Waals surface area contributed by atoms with Gasteiger partial charge in [0, 0.05) is 19.6 Å². The molecule has 0 aliphatic heterocycles. The van der Waals surface area contributed by atoms with Crippen molar-refractivity contribution in [3.05, 3.63) is 35.9 Å². The van der Waals surface area contributed by atoms with Crippen LogP contribution < -0.4 is 0 Å². The maximum Gasteiger partial charge on any atom is 0.166 e. The van der Waals surface area contributed by atoms with Gasteiger partial charge in [0.25, 0.3) is 0 Å². The summed E-state index contributed by atoms with van der Waals surface area (Å²) >= 11 is 0. The Hall–Kier alpha value is -0.893. The third-order valence-electron chi connectivity index (χ3n) is 3.19. The molecular weight excluding hydrogens is 212 g/mol. The summed E-state index contributed by atoms with van der Waals surface area (Å²) in [5.74, 6) is 1.37. The summed E-state index contributed by atoms with van der Waals surface area (Å²) in [7, 11) is -0.999. The largest absolute Gasteiger partial charge is 0.294 e. The Morgan fingerprint density at radius 2 is 1.88 bits per heavy atom. The summed E-state index contributed by atoms with van der Waals surface area (Å²) in [6.07, 6.45) is 1.12. The van der Waals surface area contributed by atoms with Gasteiger partial charge in [-0.25, -0.2) is 0 Å². The average molecular weight is 232 g/mol. The zero-order chi connectivity index (χ0) is 11.8. The lowest BCUT2D eigenvalue weighted by Gasteiger charge is -2.14. The van der Waals surface area contributed by atoms with E-state index in [4.69, 9.17) is 0 Å². The van der Waals surface area contributed by atoms with Gasteiger partial charge in [0.05, 0.1) is 0 Å². The molecule has 1 aromatic rings. The maximum atomic E-state index is 12.1. The summed E-state index contributed by atoms with van der Waals surface area (Å²) in [5, 5.41) is 0. The van der Waals surface area contributed by atoms with E-state index in [0.29, 0.717) is 17.6 Å². The van der Waals surface area contributed by atoms with E-state index < -0.39 is 8.07 Å². The first kappa shape index (κ1) is 11.6. The summed E-state index contributed by atoms with van der Waals surface area (Å²) in [6, 6.07) is 11.0. The summed E-state index contributed by atoms with van der Waals surface area (Å²) < 4.78 is 0. The van der Waals surface area contributed by atoms with Gasteiger partial charge in [0.2, 0.25) is 0 Å². The van der Waals surface area contributed by atoms with Crippen molar-refractivity contribution in [1.29, 1.82) is 0 Å². The van der Waals surface area contributed by atoms with Crippen molar-refractivity contribution in [3.8, 4) is 0 Å². The maximum absolute atomic E-state index is 12.1. The molecule has 1 saturated carbocycles. The van der Waals surface area contributed by atoms with E-state index >= 15 is 0 Å². The molecule has 0 spiro atoms. The van der Waals surface area contributed by atoms with E-state index in [2.05, 4.69) is 19.6 Å². The van der Waals surface area contributed by atoms with E-state index in [9.17, 15) is 4.79 Å². The summed E-state index contributed by atoms with van der Waals surface area (Å²) in [4.78, 5) is 12.1. The molecule has 0 bridgehead atoms. The third-order valence-corrected chi connectivity index (χ3v) is 4.94. The lowest BCUT2D eigenvalue weighted by atomic mass is 10.1. The van der Waals surface area contributed by atoms with Crippen LogP contribution in [0.15, 0.2) is 30.3 Å². The monoisotopic (exact) mass is 232 g/mol. The number of benzene rings is 1. The molecule has 2 heteroatoms. The van der Waals surface area contributed by atoms with Crippen LogP contribution in [0.25, 0.3) is 0 Å². The smallest absolute Gasteiger partial charge is 0.166 e. The predicted molar refractivity (Wildman–Crippen MR) is 70.5 cm³/mol. The van der Waals surface area contributed by atoms with Gasteiger partial charge < -0.3 is 0 Å². The summed E-state index contributed by atoms with van der Waals surface area (Å²) in [5.41, 5.74) is 0.894. The number of Topliss-reactive ketones (excluding diaryl/α,β-unsaturated/α-hetero) is 1. The highest BCUT2D eigenvalue weighted by Gasteiger charge is 2.44. The van der Waals surface area contributed by atoms with Crippen molar-refractivity contribution in [2.45, 2.75) is 32.1 Å². The molecule has 1 aromatic carbocycles. The molecule has 86 valence electrons. The third kappa shape index (κ3) is 2.82. The van der Waals surface area contributed by atoms with Crippen LogP contribution in [0, 0.1) is 11.8 Å². The quantitative estimate of drug-likeness (QED) is 0.569. The van der Waals surface area contributed by atoms with Gasteiger partial charge in [-0.05, 0) is 12.3 Å². The highest BCUT2D eigenvalue weighted by Crippen LogP contribution is 2.46. The van der Waals surface area contributed by atoms with Crippen LogP contribution >= 0.6 is 0 Å². The van der Waals surface area contributed by atoms with Crippen LogP contribution in [0.2, 0.25) is 25.7 Å². The molecule has 0 amide bonds. The van der Waals surface area contributed by atoms with Crippen LogP contribution in [0.5, 0.6) is 0 Å². The van der Waals surface area contributed by atoms with E-state index in [1.807, 2.05) is 30.3 Å². The number of hydrogen-bond acceptors (Lipinski definition) is 1. The SMILES string of the molecule is C[Si](C)(C)CC1CC1C(=O)c1ccccc1. The molecule has 1 aliphatic carbocycles. The normalized spacial score (nSPS) is 24.2. The molecular formula is C14H20OSi. The molecule has 1 aliphatic rings. The first-order valence-electron chi connectivity index (χ1n) is 6.07. The fraction of sp³-hybridized carbons (Fsp3) is 0.500. The summed E-state index contributed by atoms with van der Waals surface area (Å²) in [6.45, 7) is 7.15. The van der Waals surface area contributed by atoms with Crippen LogP contribution in [-0.4, -0.2) is 13.9 Å². The van der Waals surface area contributed by atoms with Gasteiger partial charge in [-0.15, -0.1) is 0 Å². The van der Waals surface area contributed by atoms with Gasteiger partial charge >= 0.3 is 0 Å². The molecule has 0 saturated heterocycles. The topological polar surface area (TPSA) is 17.1 Å². The van der Waals surface area contributed by atoms with Gasteiger partial charge in [0.15, 0.2) is 5.78 Å². The number of carbonyl (C=O) groups excluding carboxylic acids is 1. The van der Waals surface area contributed by atoms with Crippen LogP contribution in [0.1, 0.15) is 16.8 Å². The molecule has 2 rings (SSSR count). The Balaban J connectivity index is 1.95. The fourth-order valence-corrected chi connectivity index (χ4v) is 4.42. The minimum Gasteiger partial charge on any atom is -0.294 e. The molecule has 0 N–H and O–H groups in total. The second kappa shape index (κ2) is 4.17. The van der Waals surface area contributed by atoms with Crippen molar-refractivity contribution in [1.82, 2.24) is 0 Å². The minimum absolute atomic E-state index is 0.328. The molecule has 2 atom stereocenters. The van der Waals surface area contributed by atoms with Crippen LogP contribution in [-0.2, 0) is 0 Å². The lowest BCUT2D eigenvalue weighted by molar-refractivity contribution is 0.0962. The second-order valence-corrected chi connectivity index (χ2v) is 11.6. The molecule has 1 fully saturated rings. The van der Waals surface area contributed by atoms with Crippen molar-refractivity contribution in [3.63, 3.8) is 0 Å². The Bertz CT molecular complexity index is 377. The van der Waals surface area contributed by atoms with E-state index in [0.717, 1.165) is 12.0 Å². The molecule has 0 heterocycles. The number of hydrogen-bond donors (Lipinski definition) is 0. The van der Waals surface area contributed by atoms with E-state index in [1.54, 1.807) is 0 Å². The van der Waals surface area contributed by atoms with Crippen LogP contribution in [0.4, 0.5) is 0 Å². The lowest BCUT2D eigenvalue weighted by Crippen LogP contribution is -2.20. The first-order valence-corrected chi connectivity index (χ1v) is 9.77. The van der Waals surface area contributed by atoms with Crippen LogP contribution in [0.3, 0.4) is 0 Å². The molecule has 0 radical (unpaired) electrons. The Labute approximate surface area is 98.9 Å². The Morgan fingerprint density at radius 1 is 1.25 bits per heavy atom. The predicted octanol–water partition coefficient (Wildman–Crippen LogP) is 3.84. The zero-order valence-corrected chi connectivity index (χ0v) is 11.4. The van der Waals surface area contributed by atoms with Gasteiger partial charge in [-0.3, -0.25) is 4.79 Å². The number of rotatable bonds is 4. The molecule has 1 nitrogen and oxygen atoms in total. The van der Waals surface area contributed by atoms with Crippen molar-refractivity contribution < 1.29 is 4.79 Å². The molecule has 2 unspecified atom stereocenters. The molecule has 0 aromatic heterocycles. The van der Waals surface area contributed by atoms with E-state index in [-0.39, 0.29) is 0 Å². The first-order chi connectivity index (χ1) is 7.47. The average Bonchev–Trinajstić information content (AvgIpc) is 2.95. The van der Waals surface area contributed by atoms with E-state index in [1.165, 1.54) is 6.04 Å². The van der Waals surface area contributed by atoms with Crippen molar-refractivity contribution in [2.24, 2.45) is 11.8 Å². The van der Waals surface area contributed by atoms with Gasteiger partial charge in [0.1, 0.15) is 0 Å². The fourth-order valence-electron chi connectivity index (χ4n) is 2.40.